The predicted molar refractivity (Wildman–Crippen MR) is 63.1 cm³/mol. The average Bonchev–Trinajstić information content (AvgIpc) is 2.59. The van der Waals surface area contributed by atoms with E-state index in [1.165, 1.54) is 11.3 Å². The van der Waals surface area contributed by atoms with Gasteiger partial charge >= 0.3 is 5.97 Å². The average molecular weight is 241 g/mol. The lowest BCUT2D eigenvalue weighted by Crippen LogP contribution is -1.89. The second-order valence-corrected chi connectivity index (χ2v) is 5.07. The van der Waals surface area contributed by atoms with Crippen molar-refractivity contribution in [2.45, 2.75) is 12.3 Å². The van der Waals surface area contributed by atoms with Gasteiger partial charge in [0.25, 0.3) is 0 Å². The van der Waals surface area contributed by atoms with Crippen molar-refractivity contribution in [3.05, 3.63) is 34.7 Å². The highest BCUT2D eigenvalue weighted by Gasteiger charge is 2.09. The van der Waals surface area contributed by atoms with Gasteiger partial charge in [-0.05, 0) is 30.0 Å². The van der Waals surface area contributed by atoms with Crippen molar-refractivity contribution in [1.29, 1.82) is 0 Å². The van der Waals surface area contributed by atoms with Gasteiger partial charge in [0.05, 0.1) is 5.38 Å². The number of hydrogen-bond donors (Lipinski definition) is 1. The van der Waals surface area contributed by atoms with Gasteiger partial charge in [-0.15, -0.1) is 22.9 Å². The molecule has 78 valence electrons. The third kappa shape index (κ3) is 1.98. The SMILES string of the molecule is CC(Cl)c1ccc2cc(C(=O)O)sc2c1. The lowest BCUT2D eigenvalue weighted by atomic mass is 10.1. The first-order valence-corrected chi connectivity index (χ1v) is 5.74. The Kier molecular flexibility index (Phi) is 2.67. The highest BCUT2D eigenvalue weighted by molar-refractivity contribution is 7.20. The first kappa shape index (κ1) is 10.5. The van der Waals surface area contributed by atoms with Crippen molar-refractivity contribution < 1.29 is 9.90 Å². The maximum Gasteiger partial charge on any atom is 0.345 e. The van der Waals surface area contributed by atoms with Crippen molar-refractivity contribution in [3.63, 3.8) is 0 Å². The summed E-state index contributed by atoms with van der Waals surface area (Å²) in [7, 11) is 0. The Bertz CT molecular complexity index is 516. The van der Waals surface area contributed by atoms with Gasteiger partial charge in [-0.1, -0.05) is 12.1 Å². The Morgan fingerprint density at radius 3 is 2.80 bits per heavy atom. The minimum absolute atomic E-state index is 0.0511. The summed E-state index contributed by atoms with van der Waals surface area (Å²) in [6.07, 6.45) is 0. The van der Waals surface area contributed by atoms with Crippen LogP contribution < -0.4 is 0 Å². The van der Waals surface area contributed by atoms with Gasteiger partial charge in [0.15, 0.2) is 0 Å². The fourth-order valence-corrected chi connectivity index (χ4v) is 2.49. The van der Waals surface area contributed by atoms with Gasteiger partial charge in [0, 0.05) is 4.70 Å². The monoisotopic (exact) mass is 240 g/mol. The number of carboxylic acids is 1. The maximum atomic E-state index is 10.8. The molecule has 1 aromatic carbocycles. The van der Waals surface area contributed by atoms with Crippen LogP contribution in [0.5, 0.6) is 0 Å². The van der Waals surface area contributed by atoms with Gasteiger partial charge in [0.1, 0.15) is 4.88 Å². The van der Waals surface area contributed by atoms with E-state index < -0.39 is 5.97 Å². The molecule has 0 saturated carbocycles. The molecule has 1 N–H and O–H groups in total. The first-order valence-electron chi connectivity index (χ1n) is 4.49. The van der Waals surface area contributed by atoms with E-state index in [9.17, 15) is 4.79 Å². The number of hydrogen-bond acceptors (Lipinski definition) is 2. The fraction of sp³-hybridized carbons (Fsp3) is 0.182. The van der Waals surface area contributed by atoms with E-state index in [0.29, 0.717) is 4.88 Å². The minimum atomic E-state index is -0.878. The fourth-order valence-electron chi connectivity index (χ4n) is 1.40. The van der Waals surface area contributed by atoms with Crippen LogP contribution in [-0.4, -0.2) is 11.1 Å². The second kappa shape index (κ2) is 3.83. The summed E-state index contributed by atoms with van der Waals surface area (Å²) < 4.78 is 0.970. The van der Waals surface area contributed by atoms with E-state index in [1.54, 1.807) is 6.07 Å². The van der Waals surface area contributed by atoms with Crippen LogP contribution in [0.15, 0.2) is 24.3 Å². The lowest BCUT2D eigenvalue weighted by molar-refractivity contribution is 0.0702. The van der Waals surface area contributed by atoms with E-state index >= 15 is 0 Å². The smallest absolute Gasteiger partial charge is 0.345 e. The molecule has 2 rings (SSSR count). The van der Waals surface area contributed by atoms with Gasteiger partial charge in [-0.25, -0.2) is 4.79 Å². The van der Waals surface area contributed by atoms with Crippen molar-refractivity contribution in [1.82, 2.24) is 0 Å². The van der Waals surface area contributed by atoms with Gasteiger partial charge < -0.3 is 5.11 Å². The molecule has 1 heterocycles. The zero-order chi connectivity index (χ0) is 11.0. The number of halogens is 1. The molecule has 0 aliphatic rings. The van der Waals surface area contributed by atoms with Gasteiger partial charge in [0.2, 0.25) is 0 Å². The molecule has 1 unspecified atom stereocenters. The Morgan fingerprint density at radius 2 is 2.20 bits per heavy atom. The van der Waals surface area contributed by atoms with Crippen LogP contribution in [0, 0.1) is 0 Å². The molecule has 2 nitrogen and oxygen atoms in total. The van der Waals surface area contributed by atoms with Crippen LogP contribution in [0.1, 0.15) is 27.5 Å². The molecule has 1 atom stereocenters. The van der Waals surface area contributed by atoms with Crippen molar-refractivity contribution >= 4 is 39.0 Å². The van der Waals surface area contributed by atoms with E-state index in [2.05, 4.69) is 0 Å². The van der Waals surface area contributed by atoms with Crippen molar-refractivity contribution in [3.8, 4) is 0 Å². The Hall–Kier alpha value is -1.06. The summed E-state index contributed by atoms with van der Waals surface area (Å²) in [6.45, 7) is 1.90. The molecule has 0 aliphatic carbocycles. The molecule has 0 saturated heterocycles. The van der Waals surface area contributed by atoms with Crippen LogP contribution >= 0.6 is 22.9 Å². The van der Waals surface area contributed by atoms with Crippen LogP contribution in [0.3, 0.4) is 0 Å². The van der Waals surface area contributed by atoms with E-state index in [0.717, 1.165) is 15.6 Å². The number of rotatable bonds is 2. The van der Waals surface area contributed by atoms with Crippen molar-refractivity contribution in [2.75, 3.05) is 0 Å². The summed E-state index contributed by atoms with van der Waals surface area (Å²) in [5.74, 6) is -0.878. The maximum absolute atomic E-state index is 10.8. The predicted octanol–water partition coefficient (Wildman–Crippen LogP) is 3.90. The molecule has 0 radical (unpaired) electrons. The first-order chi connectivity index (χ1) is 7.08. The molecule has 15 heavy (non-hydrogen) atoms. The summed E-state index contributed by atoms with van der Waals surface area (Å²) in [5.41, 5.74) is 1.02. The van der Waals surface area contributed by atoms with Crippen LogP contribution in [-0.2, 0) is 0 Å². The van der Waals surface area contributed by atoms with Crippen LogP contribution in [0.4, 0.5) is 0 Å². The molecule has 0 spiro atoms. The highest BCUT2D eigenvalue weighted by Crippen LogP contribution is 2.30. The third-order valence-electron chi connectivity index (χ3n) is 2.21. The molecule has 2 aromatic rings. The highest BCUT2D eigenvalue weighted by atomic mass is 35.5. The summed E-state index contributed by atoms with van der Waals surface area (Å²) in [6, 6.07) is 7.47. The van der Waals surface area contributed by atoms with Crippen molar-refractivity contribution in [2.24, 2.45) is 0 Å². The number of alkyl halides is 1. The molecule has 0 aliphatic heterocycles. The van der Waals surface area contributed by atoms with E-state index in [1.807, 2.05) is 25.1 Å². The number of fused-ring (bicyclic) bond motifs is 1. The number of carbonyl (C=O) groups is 1. The third-order valence-corrected chi connectivity index (χ3v) is 3.55. The summed E-state index contributed by atoms with van der Waals surface area (Å²) in [5, 5.41) is 9.75. The zero-order valence-corrected chi connectivity index (χ0v) is 9.60. The normalized spacial score (nSPS) is 12.9. The van der Waals surface area contributed by atoms with Gasteiger partial charge in [-0.3, -0.25) is 0 Å². The lowest BCUT2D eigenvalue weighted by Gasteiger charge is -2.01. The van der Waals surface area contributed by atoms with Gasteiger partial charge in [-0.2, -0.15) is 0 Å². The van der Waals surface area contributed by atoms with Crippen LogP contribution in [0.2, 0.25) is 0 Å². The standard InChI is InChI=1S/C11H9ClO2S/c1-6(12)7-2-3-8-5-10(11(13)14)15-9(8)4-7/h2-6H,1H3,(H,13,14). The molecular formula is C11H9ClO2S. The Morgan fingerprint density at radius 1 is 1.47 bits per heavy atom. The quantitative estimate of drug-likeness (QED) is 0.809. The Balaban J connectivity index is 2.57. The van der Waals surface area contributed by atoms with E-state index in [-0.39, 0.29) is 5.38 Å². The molecule has 0 fully saturated rings. The minimum Gasteiger partial charge on any atom is -0.477 e. The topological polar surface area (TPSA) is 37.3 Å². The number of carboxylic acid groups (broad SMARTS) is 1. The number of aromatic carboxylic acids is 1. The summed E-state index contributed by atoms with van der Waals surface area (Å²) in [4.78, 5) is 11.1. The molecular weight excluding hydrogens is 232 g/mol. The second-order valence-electron chi connectivity index (χ2n) is 3.33. The molecule has 0 amide bonds. The Labute approximate surface area is 96.1 Å². The molecule has 1 aromatic heterocycles. The molecule has 0 bridgehead atoms. The zero-order valence-electron chi connectivity index (χ0n) is 8.03. The van der Waals surface area contributed by atoms with Crippen LogP contribution in [0.25, 0.3) is 10.1 Å². The largest absolute Gasteiger partial charge is 0.477 e. The molecule has 4 heteroatoms. The van der Waals surface area contributed by atoms with E-state index in [4.69, 9.17) is 16.7 Å². The summed E-state index contributed by atoms with van der Waals surface area (Å²) >= 11 is 7.24. The number of benzene rings is 1. The number of thiophene rings is 1.